The number of hydrogen-bond acceptors (Lipinski definition) is 2. The first-order chi connectivity index (χ1) is 5.52. The lowest BCUT2D eigenvalue weighted by Gasteiger charge is -2.09. The minimum absolute atomic E-state index is 0.992. The second-order valence-corrected chi connectivity index (χ2v) is 10.3. The van der Waals surface area contributed by atoms with Crippen molar-refractivity contribution in [3.05, 3.63) is 0 Å². The van der Waals surface area contributed by atoms with E-state index in [-0.39, 0.29) is 0 Å². The van der Waals surface area contributed by atoms with E-state index in [1.54, 1.807) is 0 Å². The van der Waals surface area contributed by atoms with Gasteiger partial charge >= 0.3 is 15.6 Å². The zero-order chi connectivity index (χ0) is 10.9. The molecule has 1 unspecified atom stereocenters. The zero-order valence-corrected chi connectivity index (χ0v) is 9.57. The van der Waals surface area contributed by atoms with Crippen LogP contribution in [-0.4, -0.2) is 33.0 Å². The van der Waals surface area contributed by atoms with E-state index >= 15 is 0 Å². The van der Waals surface area contributed by atoms with Crippen molar-refractivity contribution in [2.45, 2.75) is 5.51 Å². The Kier molecular flexibility index (Phi) is 3.99. The van der Waals surface area contributed by atoms with Gasteiger partial charge in [-0.1, -0.05) is 0 Å². The topological polar surface area (TPSA) is 48.6 Å². The van der Waals surface area contributed by atoms with E-state index in [1.165, 1.54) is 18.8 Å². The summed E-state index contributed by atoms with van der Waals surface area (Å²) >= 11 is 0. The van der Waals surface area contributed by atoms with Crippen LogP contribution in [0.1, 0.15) is 0 Å². The summed E-state index contributed by atoms with van der Waals surface area (Å²) in [6.07, 6.45) is 4.24. The SMILES string of the molecule is CSS(C)(C)[O+]=S(=O)(O)C(F)(F)F. The van der Waals surface area contributed by atoms with Gasteiger partial charge in [0.2, 0.25) is 0 Å². The van der Waals surface area contributed by atoms with Crippen LogP contribution in [0, 0.1) is 0 Å². The first-order valence-corrected chi connectivity index (χ1v) is 8.40. The Morgan fingerprint density at radius 2 is 1.77 bits per heavy atom. The predicted octanol–water partition coefficient (Wildman–Crippen LogP) is 2.40. The van der Waals surface area contributed by atoms with Gasteiger partial charge in [-0.3, -0.25) is 0 Å². The number of halogens is 3. The summed E-state index contributed by atoms with van der Waals surface area (Å²) in [5.74, 6) is 0. The molecule has 0 aliphatic heterocycles. The summed E-state index contributed by atoms with van der Waals surface area (Å²) in [4.78, 5) is 0. The maximum Gasteiger partial charge on any atom is 0.576 e. The average Bonchev–Trinajstić information content (AvgIpc) is 1.83. The third kappa shape index (κ3) is 3.96. The van der Waals surface area contributed by atoms with Crippen LogP contribution in [0.5, 0.6) is 0 Å². The third-order valence-corrected chi connectivity index (χ3v) is 7.29. The van der Waals surface area contributed by atoms with E-state index in [1.807, 2.05) is 0 Å². The molecule has 0 fully saturated rings. The van der Waals surface area contributed by atoms with Crippen molar-refractivity contribution in [1.29, 1.82) is 0 Å². The molecule has 0 saturated carbocycles. The predicted molar refractivity (Wildman–Crippen MR) is 50.5 cm³/mol. The molecule has 0 bridgehead atoms. The maximum atomic E-state index is 11.9. The minimum Gasteiger partial charge on any atom is -0.238 e. The number of alkyl halides is 3. The van der Waals surface area contributed by atoms with Crippen LogP contribution in [0.2, 0.25) is 0 Å². The van der Waals surface area contributed by atoms with Gasteiger partial charge in [-0.25, -0.2) is 4.55 Å². The van der Waals surface area contributed by atoms with Crippen molar-refractivity contribution in [2.75, 3.05) is 18.8 Å². The van der Waals surface area contributed by atoms with Gasteiger partial charge in [0.25, 0.3) is 0 Å². The number of rotatable bonds is 2. The molecule has 0 aliphatic rings. The first-order valence-electron chi connectivity index (χ1n) is 2.85. The Morgan fingerprint density at radius 1 is 1.38 bits per heavy atom. The van der Waals surface area contributed by atoms with Crippen molar-refractivity contribution in [2.24, 2.45) is 0 Å². The molecule has 0 aromatic carbocycles. The monoisotopic (exact) mass is 259 g/mol. The van der Waals surface area contributed by atoms with Crippen molar-refractivity contribution >= 4 is 30.3 Å². The van der Waals surface area contributed by atoms with Gasteiger partial charge < -0.3 is 0 Å². The summed E-state index contributed by atoms with van der Waals surface area (Å²) in [7, 11) is -6.40. The molecule has 0 heterocycles. The summed E-state index contributed by atoms with van der Waals surface area (Å²) < 4.78 is 58.8. The van der Waals surface area contributed by atoms with Crippen LogP contribution in [0.3, 0.4) is 0 Å². The van der Waals surface area contributed by atoms with Crippen molar-refractivity contribution in [3.8, 4) is 0 Å². The van der Waals surface area contributed by atoms with Crippen molar-refractivity contribution < 1.29 is 25.2 Å². The van der Waals surface area contributed by atoms with Crippen LogP contribution in [-0.2, 0) is 13.4 Å². The molecule has 0 amide bonds. The van der Waals surface area contributed by atoms with Gasteiger partial charge in [0, 0.05) is 0 Å². The fraction of sp³-hybridized carbons (Fsp3) is 1.00. The van der Waals surface area contributed by atoms with Gasteiger partial charge in [0.1, 0.15) is 0 Å². The molecule has 0 rings (SSSR count). The first kappa shape index (κ1) is 13.4. The van der Waals surface area contributed by atoms with E-state index in [0.29, 0.717) is 0 Å². The Labute approximate surface area is 80.1 Å². The van der Waals surface area contributed by atoms with Crippen LogP contribution in [0.25, 0.3) is 0 Å². The normalized spacial score (nSPS) is 19.3. The Balaban J connectivity index is 5.18. The third-order valence-electron chi connectivity index (χ3n) is 0.950. The van der Waals surface area contributed by atoms with Gasteiger partial charge in [-0.15, -0.1) is 7.49 Å². The smallest absolute Gasteiger partial charge is 0.238 e. The van der Waals surface area contributed by atoms with Crippen molar-refractivity contribution in [3.63, 3.8) is 0 Å². The van der Waals surface area contributed by atoms with E-state index < -0.39 is 25.0 Å². The largest absolute Gasteiger partial charge is 0.576 e. The molecule has 0 aromatic rings. The molecule has 9 heteroatoms. The standard InChI is InChI=1S/C4H9F3O3S3/c1-11-12(2,3)10-13(8,9)4(5,6)7/h1-3H3/p+1. The summed E-state index contributed by atoms with van der Waals surface area (Å²) in [5, 5.41) is 0. The average molecular weight is 259 g/mol. The highest BCUT2D eigenvalue weighted by molar-refractivity contribution is 8.91. The lowest BCUT2D eigenvalue weighted by atomic mass is 11.6. The Hall–Kier alpha value is 0.400. The second-order valence-electron chi connectivity index (χ2n) is 2.30. The summed E-state index contributed by atoms with van der Waals surface area (Å²) in [6.45, 7) is 0. The molecular weight excluding hydrogens is 249 g/mol. The van der Waals surface area contributed by atoms with E-state index in [9.17, 15) is 17.4 Å². The lowest BCUT2D eigenvalue weighted by Crippen LogP contribution is -2.23. The highest BCUT2D eigenvalue weighted by atomic mass is 33.2. The fourth-order valence-electron chi connectivity index (χ4n) is 0.288. The fourth-order valence-corrected chi connectivity index (χ4v) is 3.77. The lowest BCUT2D eigenvalue weighted by molar-refractivity contribution is -0.0539. The van der Waals surface area contributed by atoms with Gasteiger partial charge in [-0.2, -0.15) is 13.2 Å². The molecule has 0 aromatic heterocycles. The van der Waals surface area contributed by atoms with E-state index in [4.69, 9.17) is 4.55 Å². The van der Waals surface area contributed by atoms with Crippen LogP contribution in [0.15, 0.2) is 0 Å². The van der Waals surface area contributed by atoms with Crippen LogP contribution < -0.4 is 0 Å². The van der Waals surface area contributed by atoms with Gasteiger partial charge in [0.05, 0.1) is 12.5 Å². The summed E-state index contributed by atoms with van der Waals surface area (Å²) in [5.41, 5.74) is -5.23. The molecule has 0 spiro atoms. The highest BCUT2D eigenvalue weighted by Crippen LogP contribution is 2.51. The minimum atomic E-state index is -5.23. The van der Waals surface area contributed by atoms with E-state index in [0.717, 1.165) is 10.8 Å². The van der Waals surface area contributed by atoms with E-state index in [2.05, 4.69) is 3.29 Å². The van der Waals surface area contributed by atoms with Crippen LogP contribution in [0.4, 0.5) is 13.2 Å². The van der Waals surface area contributed by atoms with Gasteiger partial charge in [0.15, 0.2) is 9.34 Å². The van der Waals surface area contributed by atoms with Crippen LogP contribution >= 0.6 is 20.1 Å². The molecule has 3 nitrogen and oxygen atoms in total. The molecule has 0 radical (unpaired) electrons. The molecule has 13 heavy (non-hydrogen) atoms. The molecule has 0 aliphatic carbocycles. The second kappa shape index (κ2) is 3.87. The quantitative estimate of drug-likeness (QED) is 0.358. The molecule has 0 saturated heterocycles. The molecule has 1 N–H and O–H groups in total. The molecule has 1 atom stereocenters. The Bertz CT molecular complexity index is 289. The molecule has 82 valence electrons. The highest BCUT2D eigenvalue weighted by Gasteiger charge is 2.54. The van der Waals surface area contributed by atoms with Crippen molar-refractivity contribution in [1.82, 2.24) is 0 Å². The number of hydrogen-bond donors (Lipinski definition) is 1. The zero-order valence-electron chi connectivity index (χ0n) is 7.12. The molecular formula is C4H10F3O3S3+. The van der Waals surface area contributed by atoms with Gasteiger partial charge in [-0.05, 0) is 17.0 Å². The summed E-state index contributed by atoms with van der Waals surface area (Å²) in [6, 6.07) is 0. The maximum absolute atomic E-state index is 11.9. The Morgan fingerprint density at radius 3 is 2.00 bits per heavy atom.